The van der Waals surface area contributed by atoms with Gasteiger partial charge >= 0.3 is 11.9 Å². The third-order valence-corrected chi connectivity index (χ3v) is 9.32. The molecule has 1 fully saturated rings. The fourth-order valence-electron chi connectivity index (χ4n) is 6.23. The van der Waals surface area contributed by atoms with Crippen LogP contribution in [0.5, 0.6) is 23.0 Å². The Morgan fingerprint density at radius 3 is 2.39 bits per heavy atom. The number of fused-ring (bicyclic) bond motifs is 1. The van der Waals surface area contributed by atoms with E-state index in [0.717, 1.165) is 63.4 Å². The van der Waals surface area contributed by atoms with Gasteiger partial charge in [0.15, 0.2) is 23.1 Å². The second kappa shape index (κ2) is 17.3. The van der Waals surface area contributed by atoms with Gasteiger partial charge in [0.1, 0.15) is 5.75 Å². The van der Waals surface area contributed by atoms with Gasteiger partial charge in [0.2, 0.25) is 5.69 Å². The van der Waals surface area contributed by atoms with Crippen LogP contribution >= 0.6 is 0 Å². The number of likely N-dealkylation sites (N-methyl/N-ethyl adjacent to an activating group) is 1. The van der Waals surface area contributed by atoms with Crippen LogP contribution in [0.25, 0.3) is 16.6 Å². The molecule has 0 bridgehead atoms. The van der Waals surface area contributed by atoms with E-state index in [1.54, 1.807) is 25.1 Å². The molecule has 13 nitrogen and oxygen atoms in total. The molecule has 1 amide bonds. The number of halogens is 4. The molecule has 0 unspecified atom stereocenters. The normalized spacial score (nSPS) is 13.8. The molecule has 0 aliphatic carbocycles. The molecule has 3 heterocycles. The van der Waals surface area contributed by atoms with E-state index >= 15 is 4.39 Å². The van der Waals surface area contributed by atoms with Crippen molar-refractivity contribution < 1.29 is 36.6 Å². The lowest BCUT2D eigenvalue weighted by Gasteiger charge is -2.32. The number of benzene rings is 3. The topological polar surface area (TPSA) is 133 Å². The third kappa shape index (κ3) is 9.00. The standard InChI is InChI=1S/C39H41F4N7O6/c1-4-5-16-49-37(52)35(46-50(38(49)53)30-10-7-6-9-27(30)39(41,42)43)36(51)45-25-11-12-32(28(40)22-25)56-31-13-14-44-29-24-33(54-3)34(23-26(29)31)55-21-8-15-48-19-17-47(2)18-20-48/h6-7,9-14,22-24H,4-5,8,15-21H2,1-3H3,(H,45,51). The Kier molecular flexibility index (Phi) is 12.3. The maximum atomic E-state index is 15.6. The molecule has 0 saturated carbocycles. The Labute approximate surface area is 319 Å². The van der Waals surface area contributed by atoms with E-state index in [1.165, 1.54) is 31.5 Å². The average Bonchev–Trinajstić information content (AvgIpc) is 3.17. The van der Waals surface area contributed by atoms with Crippen LogP contribution in [0.1, 0.15) is 42.2 Å². The minimum absolute atomic E-state index is 0.119. The predicted octanol–water partition coefficient (Wildman–Crippen LogP) is 5.97. The fraction of sp³-hybridized carbons (Fsp3) is 0.359. The lowest BCUT2D eigenvalue weighted by Crippen LogP contribution is -2.45. The van der Waals surface area contributed by atoms with Gasteiger partial charge in [-0.25, -0.2) is 9.18 Å². The Balaban J connectivity index is 1.22. The number of ether oxygens (including phenoxy) is 3. The second-order valence-electron chi connectivity index (χ2n) is 13.2. The molecule has 6 rings (SSSR count). The number of hydrogen-bond acceptors (Lipinski definition) is 10. The Hall–Kier alpha value is -5.81. The summed E-state index contributed by atoms with van der Waals surface area (Å²) in [6.45, 7) is 7.01. The number of carbonyl (C=O) groups is 1. The van der Waals surface area contributed by atoms with Crippen molar-refractivity contribution in [3.05, 3.63) is 105 Å². The van der Waals surface area contributed by atoms with Crippen molar-refractivity contribution in [1.29, 1.82) is 0 Å². The minimum Gasteiger partial charge on any atom is -0.493 e. The van der Waals surface area contributed by atoms with Crippen LogP contribution < -0.4 is 30.8 Å². The predicted molar refractivity (Wildman–Crippen MR) is 201 cm³/mol. The molecule has 17 heteroatoms. The van der Waals surface area contributed by atoms with Gasteiger partial charge in [0.05, 0.1) is 30.5 Å². The van der Waals surface area contributed by atoms with E-state index in [0.29, 0.717) is 51.1 Å². The summed E-state index contributed by atoms with van der Waals surface area (Å²) in [6.07, 6.45) is -1.72. The number of carbonyl (C=O) groups excluding carboxylic acids is 1. The van der Waals surface area contributed by atoms with Crippen LogP contribution in [-0.2, 0) is 12.7 Å². The molecular weight excluding hydrogens is 738 g/mol. The molecule has 56 heavy (non-hydrogen) atoms. The van der Waals surface area contributed by atoms with E-state index in [-0.39, 0.29) is 23.7 Å². The van der Waals surface area contributed by atoms with E-state index in [2.05, 4.69) is 32.2 Å². The van der Waals surface area contributed by atoms with Crippen molar-refractivity contribution in [1.82, 2.24) is 29.1 Å². The first kappa shape index (κ1) is 39.9. The van der Waals surface area contributed by atoms with Crippen LogP contribution in [0.4, 0.5) is 23.2 Å². The largest absolute Gasteiger partial charge is 0.493 e. The maximum Gasteiger partial charge on any atom is 0.418 e. The number of piperazine rings is 1. The summed E-state index contributed by atoms with van der Waals surface area (Å²) in [5.41, 5.74) is -4.60. The summed E-state index contributed by atoms with van der Waals surface area (Å²) >= 11 is 0. The van der Waals surface area contributed by atoms with Crippen molar-refractivity contribution in [3.63, 3.8) is 0 Å². The smallest absolute Gasteiger partial charge is 0.418 e. The van der Waals surface area contributed by atoms with Crippen molar-refractivity contribution >= 4 is 22.5 Å². The number of rotatable bonds is 14. The molecule has 5 aromatic rings. The van der Waals surface area contributed by atoms with Gasteiger partial charge < -0.3 is 29.3 Å². The third-order valence-electron chi connectivity index (χ3n) is 9.32. The van der Waals surface area contributed by atoms with Gasteiger partial charge in [-0.1, -0.05) is 25.5 Å². The summed E-state index contributed by atoms with van der Waals surface area (Å²) < 4.78 is 75.9. The quantitative estimate of drug-likeness (QED) is 0.106. The number of alkyl halides is 3. The zero-order valence-corrected chi connectivity index (χ0v) is 31.1. The number of nitrogens with one attached hydrogen (secondary N) is 1. The van der Waals surface area contributed by atoms with E-state index in [9.17, 15) is 27.6 Å². The molecular formula is C39H41F4N7O6. The van der Waals surface area contributed by atoms with Crippen molar-refractivity contribution in [2.75, 3.05) is 58.8 Å². The van der Waals surface area contributed by atoms with Crippen LogP contribution in [-0.4, -0.2) is 88.5 Å². The first-order valence-electron chi connectivity index (χ1n) is 18.1. The molecule has 1 aliphatic rings. The van der Waals surface area contributed by atoms with E-state index in [4.69, 9.17) is 14.2 Å². The Morgan fingerprint density at radius 2 is 1.68 bits per heavy atom. The van der Waals surface area contributed by atoms with Crippen LogP contribution in [0.15, 0.2) is 76.4 Å². The summed E-state index contributed by atoms with van der Waals surface area (Å²) in [7, 11) is 3.63. The lowest BCUT2D eigenvalue weighted by molar-refractivity contribution is -0.137. The van der Waals surface area contributed by atoms with Crippen molar-refractivity contribution in [2.45, 2.75) is 38.9 Å². The summed E-state index contributed by atoms with van der Waals surface area (Å²) in [5, 5.41) is 6.66. The summed E-state index contributed by atoms with van der Waals surface area (Å²) in [6, 6.07) is 12.6. The second-order valence-corrected chi connectivity index (χ2v) is 13.2. The monoisotopic (exact) mass is 779 g/mol. The van der Waals surface area contributed by atoms with Crippen LogP contribution in [0.3, 0.4) is 0 Å². The van der Waals surface area contributed by atoms with Crippen LogP contribution in [0.2, 0.25) is 0 Å². The minimum atomic E-state index is -4.87. The molecule has 0 spiro atoms. The van der Waals surface area contributed by atoms with Gasteiger partial charge in [0, 0.05) is 68.7 Å². The zero-order valence-electron chi connectivity index (χ0n) is 31.1. The van der Waals surface area contributed by atoms with E-state index < -0.39 is 46.1 Å². The zero-order chi connectivity index (χ0) is 40.0. The average molecular weight is 780 g/mol. The molecule has 3 aromatic carbocycles. The fourth-order valence-corrected chi connectivity index (χ4v) is 6.23. The molecule has 1 saturated heterocycles. The SMILES string of the molecule is CCCCn1c(=O)c(C(=O)Nc2ccc(Oc3ccnc4cc(OC)c(OCCCN5CCN(C)CC5)cc34)c(F)c2)nn(-c2ccccc2C(F)(F)F)c1=O. The summed E-state index contributed by atoms with van der Waals surface area (Å²) in [4.78, 5) is 49.1. The number of amides is 1. The van der Waals surface area contributed by atoms with Gasteiger partial charge in [-0.2, -0.15) is 23.0 Å². The van der Waals surface area contributed by atoms with Gasteiger partial charge in [0.25, 0.3) is 11.5 Å². The van der Waals surface area contributed by atoms with E-state index in [1.807, 2.05) is 0 Å². The molecule has 296 valence electrons. The number of nitrogens with zero attached hydrogens (tertiary/aromatic N) is 6. The van der Waals surface area contributed by atoms with Gasteiger partial charge in [-0.15, -0.1) is 0 Å². The number of aromatic nitrogens is 4. The number of unbranched alkanes of at least 4 members (excludes halogenated alkanes) is 1. The molecule has 2 aromatic heterocycles. The number of anilines is 1. The van der Waals surface area contributed by atoms with Gasteiger partial charge in [-0.05, 0) is 56.3 Å². The van der Waals surface area contributed by atoms with Crippen LogP contribution in [0, 0.1) is 5.82 Å². The van der Waals surface area contributed by atoms with Crippen molar-refractivity contribution in [3.8, 4) is 28.7 Å². The molecule has 0 radical (unpaired) electrons. The highest BCUT2D eigenvalue weighted by atomic mass is 19.4. The first-order valence-corrected chi connectivity index (χ1v) is 18.1. The lowest BCUT2D eigenvalue weighted by atomic mass is 10.1. The highest BCUT2D eigenvalue weighted by Gasteiger charge is 2.35. The Morgan fingerprint density at radius 1 is 0.911 bits per heavy atom. The first-order chi connectivity index (χ1) is 26.9. The maximum absolute atomic E-state index is 15.6. The van der Waals surface area contributed by atoms with Crippen molar-refractivity contribution in [2.24, 2.45) is 0 Å². The number of pyridine rings is 1. The molecule has 1 aliphatic heterocycles. The number of methoxy groups -OCH3 is 1. The summed E-state index contributed by atoms with van der Waals surface area (Å²) in [5.74, 6) is -1.08. The number of para-hydroxylation sites is 1. The Bertz CT molecular complexity index is 2320. The highest BCUT2D eigenvalue weighted by molar-refractivity contribution is 6.02. The number of hydrogen-bond donors (Lipinski definition) is 1. The highest BCUT2D eigenvalue weighted by Crippen LogP contribution is 2.38. The molecule has 1 N–H and O–H groups in total. The molecule has 0 atom stereocenters. The van der Waals surface area contributed by atoms with Gasteiger partial charge in [-0.3, -0.25) is 19.1 Å².